The number of halogens is 1. The Labute approximate surface area is 117 Å². The van der Waals surface area contributed by atoms with Crippen LogP contribution in [-0.2, 0) is 4.74 Å². The van der Waals surface area contributed by atoms with Crippen LogP contribution in [0.4, 0.5) is 10.2 Å². The van der Waals surface area contributed by atoms with E-state index in [1.807, 2.05) is 0 Å². The minimum Gasteiger partial charge on any atom is -0.394 e. The van der Waals surface area contributed by atoms with E-state index in [0.29, 0.717) is 0 Å². The highest BCUT2D eigenvalue weighted by atomic mass is 19.1. The van der Waals surface area contributed by atoms with Gasteiger partial charge in [0.05, 0.1) is 12.0 Å². The van der Waals surface area contributed by atoms with Gasteiger partial charge in [0, 0.05) is 6.20 Å². The van der Waals surface area contributed by atoms with E-state index in [-0.39, 0.29) is 16.9 Å². The highest BCUT2D eigenvalue weighted by Gasteiger charge is 2.44. The number of aliphatic hydroxyl groups is 3. The zero-order valence-electron chi connectivity index (χ0n) is 10.6. The first kappa shape index (κ1) is 14.1. The number of hydrogen-bond acceptors (Lipinski definition) is 8. The Bertz CT molecular complexity index is 665. The van der Waals surface area contributed by atoms with Gasteiger partial charge in [-0.1, -0.05) is 0 Å². The van der Waals surface area contributed by atoms with Crippen molar-refractivity contribution >= 4 is 16.9 Å². The van der Waals surface area contributed by atoms with Crippen molar-refractivity contribution in [3.8, 4) is 0 Å². The predicted molar refractivity (Wildman–Crippen MR) is 65.9 cm³/mol. The summed E-state index contributed by atoms with van der Waals surface area (Å²) < 4.78 is 20.5. The van der Waals surface area contributed by atoms with Crippen molar-refractivity contribution < 1.29 is 29.7 Å². The molecule has 9 nitrogen and oxygen atoms in total. The van der Waals surface area contributed by atoms with Crippen LogP contribution in [0.25, 0.3) is 11.0 Å². The van der Waals surface area contributed by atoms with Crippen molar-refractivity contribution in [1.82, 2.24) is 14.5 Å². The molecule has 3 rings (SSSR count). The molecule has 0 amide bonds. The van der Waals surface area contributed by atoms with Crippen LogP contribution in [0.3, 0.4) is 0 Å². The van der Waals surface area contributed by atoms with Crippen molar-refractivity contribution in [1.29, 1.82) is 0 Å². The number of rotatable bonds is 3. The molecule has 1 aliphatic heterocycles. The number of anilines is 1. The maximum absolute atomic E-state index is 14.0. The number of nitrogens with one attached hydrogen (secondary N) is 1. The zero-order chi connectivity index (χ0) is 15.1. The Hall–Kier alpha value is -1.85. The van der Waals surface area contributed by atoms with E-state index in [1.165, 1.54) is 4.57 Å². The molecule has 5 N–H and O–H groups in total. The molecular formula is C11H13FN4O5. The molecule has 1 fully saturated rings. The number of aromatic nitrogens is 3. The molecule has 0 radical (unpaired) electrons. The van der Waals surface area contributed by atoms with Gasteiger partial charge < -0.3 is 24.6 Å². The first-order valence-electron chi connectivity index (χ1n) is 6.12. The molecule has 3 heterocycles. The molecule has 114 valence electrons. The molecule has 2 aromatic rings. The van der Waals surface area contributed by atoms with E-state index in [2.05, 4.69) is 9.97 Å². The maximum Gasteiger partial charge on any atom is 0.165 e. The second-order valence-electron chi connectivity index (χ2n) is 4.65. The van der Waals surface area contributed by atoms with E-state index >= 15 is 0 Å². The number of aliphatic hydroxyl groups excluding tert-OH is 3. The molecule has 1 aliphatic rings. The second kappa shape index (κ2) is 5.16. The number of ether oxygens (including phenoxy) is 1. The molecule has 0 saturated carbocycles. The Morgan fingerprint density at radius 3 is 2.71 bits per heavy atom. The fraction of sp³-hybridized carbons (Fsp3) is 0.455. The van der Waals surface area contributed by atoms with Gasteiger partial charge in [0.15, 0.2) is 23.5 Å². The van der Waals surface area contributed by atoms with Gasteiger partial charge in [-0.05, 0) is 0 Å². The topological polar surface area (TPSA) is 133 Å². The van der Waals surface area contributed by atoms with E-state index < -0.39 is 37.0 Å². The fourth-order valence-corrected chi connectivity index (χ4v) is 2.43. The number of hydrogen-bond donors (Lipinski definition) is 5. The number of nitrogens with zero attached hydrogens (tertiary/aromatic N) is 3. The quantitative estimate of drug-likeness (QED) is 0.455. The summed E-state index contributed by atoms with van der Waals surface area (Å²) in [4.78, 5) is 7.56. The summed E-state index contributed by atoms with van der Waals surface area (Å²) in [7, 11) is 0. The fourth-order valence-electron chi connectivity index (χ4n) is 2.43. The molecule has 21 heavy (non-hydrogen) atoms. The third-order valence-electron chi connectivity index (χ3n) is 3.46. The first-order chi connectivity index (χ1) is 10.1. The summed E-state index contributed by atoms with van der Waals surface area (Å²) in [6.07, 6.45) is -2.66. The van der Waals surface area contributed by atoms with E-state index in [9.17, 15) is 14.6 Å². The molecule has 0 spiro atoms. The summed E-state index contributed by atoms with van der Waals surface area (Å²) in [6.45, 7) is -0.491. The monoisotopic (exact) mass is 300 g/mol. The van der Waals surface area contributed by atoms with Gasteiger partial charge in [-0.2, -0.15) is 0 Å². The summed E-state index contributed by atoms with van der Waals surface area (Å²) in [5.74, 6) is -0.872. The van der Waals surface area contributed by atoms with Gasteiger partial charge in [0.1, 0.15) is 24.6 Å². The lowest BCUT2D eigenvalue weighted by molar-refractivity contribution is -0.0510. The number of fused-ring (bicyclic) bond motifs is 1. The average molecular weight is 300 g/mol. The third-order valence-corrected chi connectivity index (χ3v) is 3.46. The predicted octanol–water partition coefficient (Wildman–Crippen LogP) is -1.02. The van der Waals surface area contributed by atoms with Crippen LogP contribution in [0.1, 0.15) is 6.23 Å². The lowest BCUT2D eigenvalue weighted by Crippen LogP contribution is -2.33. The highest BCUT2D eigenvalue weighted by molar-refractivity contribution is 5.87. The molecule has 0 unspecified atom stereocenters. The van der Waals surface area contributed by atoms with Crippen molar-refractivity contribution in [3.05, 3.63) is 18.3 Å². The smallest absolute Gasteiger partial charge is 0.165 e. The molecule has 0 aliphatic carbocycles. The van der Waals surface area contributed by atoms with Crippen molar-refractivity contribution in [2.45, 2.75) is 24.5 Å². The Kier molecular flexibility index (Phi) is 3.47. The van der Waals surface area contributed by atoms with Gasteiger partial charge in [-0.3, -0.25) is 10.7 Å². The van der Waals surface area contributed by atoms with Crippen LogP contribution in [-0.4, -0.2) is 60.0 Å². The molecule has 4 atom stereocenters. The van der Waals surface area contributed by atoms with Gasteiger partial charge in [0.25, 0.3) is 0 Å². The first-order valence-corrected chi connectivity index (χ1v) is 6.12. The van der Waals surface area contributed by atoms with Crippen molar-refractivity contribution in [2.75, 3.05) is 12.1 Å². The maximum atomic E-state index is 14.0. The lowest BCUT2D eigenvalue weighted by Gasteiger charge is -2.17. The summed E-state index contributed by atoms with van der Waals surface area (Å²) in [6, 6.07) is 0. The SMILES string of the molecule is OC[C@H]1O[C@@H](n2cc(F)c3c(NO)ncnc32)[C@H](O)[C@@H]1O. The molecule has 0 bridgehead atoms. The normalized spacial score (nSPS) is 29.2. The highest BCUT2D eigenvalue weighted by Crippen LogP contribution is 2.34. The van der Waals surface area contributed by atoms with E-state index in [1.54, 1.807) is 5.48 Å². The Balaban J connectivity index is 2.10. The molecule has 0 aromatic carbocycles. The molecule has 10 heteroatoms. The van der Waals surface area contributed by atoms with Crippen LogP contribution < -0.4 is 5.48 Å². The van der Waals surface area contributed by atoms with Crippen molar-refractivity contribution in [3.63, 3.8) is 0 Å². The zero-order valence-corrected chi connectivity index (χ0v) is 10.6. The van der Waals surface area contributed by atoms with E-state index in [0.717, 1.165) is 12.5 Å². The van der Waals surface area contributed by atoms with Gasteiger partial charge >= 0.3 is 0 Å². The minimum absolute atomic E-state index is 0.0638. The van der Waals surface area contributed by atoms with Crippen LogP contribution in [0.2, 0.25) is 0 Å². The largest absolute Gasteiger partial charge is 0.394 e. The Morgan fingerprint density at radius 1 is 1.33 bits per heavy atom. The standard InChI is InChI=1S/C11H13FN4O5/c12-4-1-16(10-6(4)9(15-20)13-3-14-10)11-8(19)7(18)5(2-17)21-11/h1,3,5,7-8,11,17-20H,2H2,(H,13,14,15)/t5-,7-,8-,11-/m1/s1. The van der Waals surface area contributed by atoms with Gasteiger partial charge in [-0.25, -0.2) is 14.4 Å². The summed E-state index contributed by atoms with van der Waals surface area (Å²) >= 11 is 0. The van der Waals surface area contributed by atoms with Crippen LogP contribution >= 0.6 is 0 Å². The summed E-state index contributed by atoms with van der Waals surface area (Å²) in [5, 5.41) is 37.6. The lowest BCUT2D eigenvalue weighted by atomic mass is 10.1. The minimum atomic E-state index is -1.36. The molecule has 2 aromatic heterocycles. The molecular weight excluding hydrogens is 287 g/mol. The van der Waals surface area contributed by atoms with Crippen LogP contribution in [0, 0.1) is 5.82 Å². The van der Waals surface area contributed by atoms with Crippen LogP contribution in [0.15, 0.2) is 12.5 Å². The Morgan fingerprint density at radius 2 is 2.10 bits per heavy atom. The molecule has 1 saturated heterocycles. The average Bonchev–Trinajstić information content (AvgIpc) is 2.98. The van der Waals surface area contributed by atoms with Gasteiger partial charge in [-0.15, -0.1) is 0 Å². The third kappa shape index (κ3) is 2.04. The second-order valence-corrected chi connectivity index (χ2v) is 4.65. The van der Waals surface area contributed by atoms with Crippen LogP contribution in [0.5, 0.6) is 0 Å². The van der Waals surface area contributed by atoms with Gasteiger partial charge in [0.2, 0.25) is 0 Å². The summed E-state index contributed by atoms with van der Waals surface area (Å²) in [5.41, 5.74) is 1.82. The van der Waals surface area contributed by atoms with Crippen molar-refractivity contribution in [2.24, 2.45) is 0 Å². The van der Waals surface area contributed by atoms with E-state index in [4.69, 9.17) is 15.1 Å².